The summed E-state index contributed by atoms with van der Waals surface area (Å²) in [5.41, 5.74) is 0.598. The lowest BCUT2D eigenvalue weighted by atomic mass is 10.0. The normalized spacial score (nSPS) is 20.2. The SMILES string of the molecule is CCn1nccc1C(=O)N[C@@H]1CN(c2ncccn2)C[C@H]1CN(C)C. The topological polar surface area (TPSA) is 79.2 Å². The number of rotatable bonds is 6. The quantitative estimate of drug-likeness (QED) is 0.822. The summed E-state index contributed by atoms with van der Waals surface area (Å²) < 4.78 is 1.71. The van der Waals surface area contributed by atoms with Gasteiger partial charge in [0.2, 0.25) is 5.95 Å². The number of carbonyl (C=O) groups is 1. The number of amides is 1. The zero-order chi connectivity index (χ0) is 17.8. The molecule has 2 aromatic rings. The van der Waals surface area contributed by atoms with Gasteiger partial charge in [-0.25, -0.2) is 9.97 Å². The van der Waals surface area contributed by atoms with Crippen molar-refractivity contribution in [2.24, 2.45) is 5.92 Å². The van der Waals surface area contributed by atoms with Gasteiger partial charge in [0.1, 0.15) is 5.69 Å². The molecule has 1 aliphatic rings. The van der Waals surface area contributed by atoms with Crippen molar-refractivity contribution >= 4 is 11.9 Å². The predicted molar refractivity (Wildman–Crippen MR) is 95.4 cm³/mol. The number of hydrogen-bond acceptors (Lipinski definition) is 6. The van der Waals surface area contributed by atoms with E-state index in [0.717, 1.165) is 13.1 Å². The number of nitrogens with one attached hydrogen (secondary N) is 1. The Labute approximate surface area is 147 Å². The van der Waals surface area contributed by atoms with Gasteiger partial charge in [-0.3, -0.25) is 9.48 Å². The summed E-state index contributed by atoms with van der Waals surface area (Å²) in [6.07, 6.45) is 5.15. The lowest BCUT2D eigenvalue weighted by molar-refractivity contribution is 0.0917. The second kappa shape index (κ2) is 7.60. The van der Waals surface area contributed by atoms with Crippen molar-refractivity contribution in [3.8, 4) is 0 Å². The summed E-state index contributed by atoms with van der Waals surface area (Å²) in [4.78, 5) is 25.6. The fourth-order valence-corrected chi connectivity index (χ4v) is 3.33. The van der Waals surface area contributed by atoms with E-state index in [1.165, 1.54) is 0 Å². The van der Waals surface area contributed by atoms with Gasteiger partial charge in [-0.15, -0.1) is 0 Å². The molecule has 3 rings (SSSR count). The Morgan fingerprint density at radius 3 is 2.72 bits per heavy atom. The lowest BCUT2D eigenvalue weighted by Crippen LogP contribution is -2.44. The molecule has 2 atom stereocenters. The van der Waals surface area contributed by atoms with Crippen LogP contribution in [0.2, 0.25) is 0 Å². The van der Waals surface area contributed by atoms with Crippen LogP contribution in [0.4, 0.5) is 5.95 Å². The maximum Gasteiger partial charge on any atom is 0.269 e. The number of aryl methyl sites for hydroxylation is 1. The number of aromatic nitrogens is 4. The van der Waals surface area contributed by atoms with E-state index in [1.807, 2.05) is 27.1 Å². The van der Waals surface area contributed by atoms with E-state index >= 15 is 0 Å². The molecular weight excluding hydrogens is 318 g/mol. The Morgan fingerprint density at radius 1 is 1.28 bits per heavy atom. The van der Waals surface area contributed by atoms with E-state index in [2.05, 4.69) is 30.2 Å². The van der Waals surface area contributed by atoms with Gasteiger partial charge in [0.25, 0.3) is 5.91 Å². The van der Waals surface area contributed by atoms with Gasteiger partial charge in [0.05, 0.1) is 6.04 Å². The number of hydrogen-bond donors (Lipinski definition) is 1. The average Bonchev–Trinajstić information content (AvgIpc) is 3.22. The van der Waals surface area contributed by atoms with Gasteiger partial charge >= 0.3 is 0 Å². The van der Waals surface area contributed by atoms with Crippen molar-refractivity contribution in [1.82, 2.24) is 30.0 Å². The van der Waals surface area contributed by atoms with Crippen molar-refractivity contribution in [3.63, 3.8) is 0 Å². The van der Waals surface area contributed by atoms with E-state index in [-0.39, 0.29) is 11.9 Å². The Balaban J connectivity index is 1.74. The van der Waals surface area contributed by atoms with Crippen molar-refractivity contribution in [2.45, 2.75) is 19.5 Å². The van der Waals surface area contributed by atoms with E-state index in [9.17, 15) is 4.79 Å². The number of carbonyl (C=O) groups excluding carboxylic acids is 1. The molecule has 0 bridgehead atoms. The van der Waals surface area contributed by atoms with Crippen LogP contribution in [-0.2, 0) is 6.54 Å². The molecule has 0 aromatic carbocycles. The minimum atomic E-state index is -0.0797. The summed E-state index contributed by atoms with van der Waals surface area (Å²) in [6.45, 7) is 5.06. The van der Waals surface area contributed by atoms with Crippen LogP contribution in [0.1, 0.15) is 17.4 Å². The van der Waals surface area contributed by atoms with Crippen LogP contribution < -0.4 is 10.2 Å². The molecule has 0 unspecified atom stereocenters. The van der Waals surface area contributed by atoms with Crippen LogP contribution in [-0.4, -0.2) is 70.3 Å². The first-order chi connectivity index (χ1) is 12.1. The van der Waals surface area contributed by atoms with Crippen LogP contribution in [0.3, 0.4) is 0 Å². The standard InChI is InChI=1S/C17H25N7O/c1-4-24-15(6-9-20-24)16(25)21-14-12-23(11-13(14)10-22(2)3)17-18-7-5-8-19-17/h5-9,13-14H,4,10-12H2,1-3H3,(H,21,25)/t13-,14-/m1/s1. The van der Waals surface area contributed by atoms with E-state index in [0.29, 0.717) is 30.6 Å². The minimum absolute atomic E-state index is 0.0407. The molecular formula is C17H25N7O. The van der Waals surface area contributed by atoms with E-state index < -0.39 is 0 Å². The highest BCUT2D eigenvalue weighted by Crippen LogP contribution is 2.22. The molecule has 1 amide bonds. The molecule has 3 heterocycles. The molecule has 1 aliphatic heterocycles. The fraction of sp³-hybridized carbons (Fsp3) is 0.529. The van der Waals surface area contributed by atoms with Gasteiger partial charge < -0.3 is 15.1 Å². The Hall–Kier alpha value is -2.48. The summed E-state index contributed by atoms with van der Waals surface area (Å²) in [7, 11) is 4.10. The first-order valence-electron chi connectivity index (χ1n) is 8.58. The maximum atomic E-state index is 12.7. The summed E-state index contributed by atoms with van der Waals surface area (Å²) >= 11 is 0. The first-order valence-corrected chi connectivity index (χ1v) is 8.58. The average molecular weight is 343 g/mol. The summed E-state index contributed by atoms with van der Waals surface area (Å²) in [6, 6.07) is 3.60. The van der Waals surface area contributed by atoms with Crippen LogP contribution in [0, 0.1) is 5.92 Å². The van der Waals surface area contributed by atoms with Crippen LogP contribution in [0.5, 0.6) is 0 Å². The van der Waals surface area contributed by atoms with Crippen LogP contribution >= 0.6 is 0 Å². The molecule has 8 nitrogen and oxygen atoms in total. The number of nitrogens with zero attached hydrogens (tertiary/aromatic N) is 6. The second-order valence-electron chi connectivity index (χ2n) is 6.59. The third-order valence-electron chi connectivity index (χ3n) is 4.44. The molecule has 0 saturated carbocycles. The molecule has 2 aromatic heterocycles. The van der Waals surface area contributed by atoms with Crippen LogP contribution in [0.25, 0.3) is 0 Å². The monoisotopic (exact) mass is 343 g/mol. The second-order valence-corrected chi connectivity index (χ2v) is 6.59. The Bertz CT molecular complexity index is 700. The summed E-state index contributed by atoms with van der Waals surface area (Å²) in [5.74, 6) is 0.936. The van der Waals surface area contributed by atoms with Gasteiger partial charge in [-0.05, 0) is 33.2 Å². The molecule has 0 radical (unpaired) electrons. The van der Waals surface area contributed by atoms with E-state index in [1.54, 1.807) is 29.3 Å². The van der Waals surface area contributed by atoms with Crippen molar-refractivity contribution in [2.75, 3.05) is 38.6 Å². The number of anilines is 1. The highest BCUT2D eigenvalue weighted by atomic mass is 16.2. The molecule has 25 heavy (non-hydrogen) atoms. The third-order valence-corrected chi connectivity index (χ3v) is 4.44. The predicted octanol–water partition coefficient (Wildman–Crippen LogP) is 0.489. The highest BCUT2D eigenvalue weighted by molar-refractivity contribution is 5.92. The van der Waals surface area contributed by atoms with Gasteiger partial charge in [-0.2, -0.15) is 5.10 Å². The maximum absolute atomic E-state index is 12.7. The summed E-state index contributed by atoms with van der Waals surface area (Å²) in [5, 5.41) is 7.36. The van der Waals surface area contributed by atoms with Crippen molar-refractivity contribution in [3.05, 3.63) is 36.4 Å². The van der Waals surface area contributed by atoms with Crippen molar-refractivity contribution in [1.29, 1.82) is 0 Å². The molecule has 1 fully saturated rings. The lowest BCUT2D eigenvalue weighted by Gasteiger charge is -2.22. The zero-order valence-corrected chi connectivity index (χ0v) is 15.0. The molecule has 0 spiro atoms. The third kappa shape index (κ3) is 3.96. The Morgan fingerprint density at radius 2 is 2.04 bits per heavy atom. The van der Waals surface area contributed by atoms with Crippen LogP contribution in [0.15, 0.2) is 30.7 Å². The fourth-order valence-electron chi connectivity index (χ4n) is 3.33. The van der Waals surface area contributed by atoms with Gasteiger partial charge in [0.15, 0.2) is 0 Å². The smallest absolute Gasteiger partial charge is 0.269 e. The first kappa shape index (κ1) is 17.3. The molecule has 0 aliphatic carbocycles. The molecule has 1 N–H and O–H groups in total. The van der Waals surface area contributed by atoms with Gasteiger partial charge in [-0.1, -0.05) is 0 Å². The Kier molecular flexibility index (Phi) is 5.28. The van der Waals surface area contributed by atoms with Gasteiger partial charge in [0, 0.05) is 50.7 Å². The largest absolute Gasteiger partial charge is 0.346 e. The molecule has 134 valence electrons. The highest BCUT2D eigenvalue weighted by Gasteiger charge is 2.35. The molecule has 8 heteroatoms. The minimum Gasteiger partial charge on any atom is -0.346 e. The van der Waals surface area contributed by atoms with E-state index in [4.69, 9.17) is 0 Å². The molecule has 1 saturated heterocycles. The van der Waals surface area contributed by atoms with Crippen molar-refractivity contribution < 1.29 is 4.79 Å². The zero-order valence-electron chi connectivity index (χ0n) is 15.0.